The molecule has 0 aliphatic carbocycles. The van der Waals surface area contributed by atoms with Gasteiger partial charge in [0.05, 0.1) is 12.5 Å². The molecular weight excluding hydrogens is 244 g/mol. The van der Waals surface area contributed by atoms with Crippen molar-refractivity contribution in [1.29, 1.82) is 0 Å². The van der Waals surface area contributed by atoms with Crippen molar-refractivity contribution in [2.45, 2.75) is 65.5 Å². The summed E-state index contributed by atoms with van der Waals surface area (Å²) >= 11 is 0. The van der Waals surface area contributed by atoms with E-state index in [1.54, 1.807) is 13.8 Å². The quantitative estimate of drug-likeness (QED) is 0.468. The van der Waals surface area contributed by atoms with Crippen LogP contribution in [0.4, 0.5) is 0 Å². The molecule has 0 heterocycles. The van der Waals surface area contributed by atoms with Crippen molar-refractivity contribution in [3.8, 4) is 0 Å². The number of nitrogens with one attached hydrogen (secondary N) is 2. The van der Waals surface area contributed by atoms with Gasteiger partial charge in [-0.1, -0.05) is 13.8 Å². The number of amides is 1. The molecule has 2 N–H and O–H groups in total. The molecule has 0 saturated heterocycles. The highest BCUT2D eigenvalue weighted by Crippen LogP contribution is 1.97. The molecule has 0 unspecified atom stereocenters. The molecule has 0 aromatic heterocycles. The molecular formula is C14H28N2O3. The maximum Gasteiger partial charge on any atom is 0.306 e. The first-order valence-electron chi connectivity index (χ1n) is 7.11. The second-order valence-corrected chi connectivity index (χ2v) is 5.20. The van der Waals surface area contributed by atoms with Crippen LogP contribution < -0.4 is 10.6 Å². The second-order valence-electron chi connectivity index (χ2n) is 5.20. The Morgan fingerprint density at radius 2 is 1.63 bits per heavy atom. The van der Waals surface area contributed by atoms with Crippen LogP contribution in [0.15, 0.2) is 0 Å². The van der Waals surface area contributed by atoms with Crippen molar-refractivity contribution in [1.82, 2.24) is 10.6 Å². The smallest absolute Gasteiger partial charge is 0.306 e. The van der Waals surface area contributed by atoms with E-state index in [0.29, 0.717) is 12.6 Å². The van der Waals surface area contributed by atoms with E-state index in [4.69, 9.17) is 4.74 Å². The Labute approximate surface area is 116 Å². The Balaban J connectivity index is 3.42. The lowest BCUT2D eigenvalue weighted by Crippen LogP contribution is -2.27. The Hall–Kier alpha value is -1.10. The van der Waals surface area contributed by atoms with Gasteiger partial charge in [-0.3, -0.25) is 9.59 Å². The zero-order chi connectivity index (χ0) is 14.7. The molecule has 5 heteroatoms. The Bertz CT molecular complexity index is 265. The van der Waals surface area contributed by atoms with Gasteiger partial charge in [-0.15, -0.1) is 0 Å². The predicted molar refractivity (Wildman–Crippen MR) is 75.8 cm³/mol. The van der Waals surface area contributed by atoms with Gasteiger partial charge in [0, 0.05) is 19.0 Å². The molecule has 0 saturated carbocycles. The maximum absolute atomic E-state index is 11.4. The molecule has 0 spiro atoms. The highest BCUT2D eigenvalue weighted by atomic mass is 16.5. The van der Waals surface area contributed by atoms with Crippen LogP contribution in [-0.2, 0) is 14.3 Å². The third-order valence-corrected chi connectivity index (χ3v) is 2.40. The van der Waals surface area contributed by atoms with E-state index < -0.39 is 0 Å². The zero-order valence-electron chi connectivity index (χ0n) is 12.6. The molecule has 19 heavy (non-hydrogen) atoms. The minimum absolute atomic E-state index is 0.0856. The molecule has 0 aromatic rings. The van der Waals surface area contributed by atoms with E-state index in [9.17, 15) is 9.59 Å². The van der Waals surface area contributed by atoms with E-state index in [0.717, 1.165) is 19.4 Å². The number of rotatable bonds is 10. The largest absolute Gasteiger partial charge is 0.463 e. The number of hydrogen-bond donors (Lipinski definition) is 2. The second kappa shape index (κ2) is 10.8. The normalized spacial score (nSPS) is 10.8. The van der Waals surface area contributed by atoms with Gasteiger partial charge in [0.15, 0.2) is 0 Å². The predicted octanol–water partition coefficient (Wildman–Crippen LogP) is 1.61. The average molecular weight is 272 g/mol. The van der Waals surface area contributed by atoms with Crippen LogP contribution in [0.5, 0.6) is 0 Å². The van der Waals surface area contributed by atoms with Crippen LogP contribution in [0.2, 0.25) is 0 Å². The number of unbranched alkanes of at least 4 members (excludes halogenated alkanes) is 1. The van der Waals surface area contributed by atoms with Gasteiger partial charge >= 0.3 is 5.97 Å². The Morgan fingerprint density at radius 3 is 2.21 bits per heavy atom. The first-order chi connectivity index (χ1) is 8.91. The van der Waals surface area contributed by atoms with Crippen molar-refractivity contribution in [2.24, 2.45) is 0 Å². The van der Waals surface area contributed by atoms with Crippen LogP contribution in [-0.4, -0.2) is 37.1 Å². The average Bonchev–Trinajstić information content (AvgIpc) is 2.29. The topological polar surface area (TPSA) is 67.4 Å². The summed E-state index contributed by atoms with van der Waals surface area (Å²) in [5, 5.41) is 6.12. The molecule has 5 nitrogen and oxygen atoms in total. The van der Waals surface area contributed by atoms with E-state index in [1.165, 1.54) is 0 Å². The standard InChI is InChI=1S/C14H28N2O3/c1-11(2)15-9-5-6-10-16-13(17)7-8-14(18)19-12(3)4/h11-12,15H,5-10H2,1-4H3,(H,16,17). The van der Waals surface area contributed by atoms with E-state index >= 15 is 0 Å². The van der Waals surface area contributed by atoms with Crippen molar-refractivity contribution in [3.63, 3.8) is 0 Å². The summed E-state index contributed by atoms with van der Waals surface area (Å²) in [6.45, 7) is 9.44. The molecule has 0 atom stereocenters. The fraction of sp³-hybridized carbons (Fsp3) is 0.857. The van der Waals surface area contributed by atoms with Gasteiger partial charge < -0.3 is 15.4 Å². The first-order valence-corrected chi connectivity index (χ1v) is 7.11. The van der Waals surface area contributed by atoms with Crippen LogP contribution in [0.3, 0.4) is 0 Å². The minimum atomic E-state index is -0.314. The third-order valence-electron chi connectivity index (χ3n) is 2.40. The lowest BCUT2D eigenvalue weighted by Gasteiger charge is -2.09. The maximum atomic E-state index is 11.4. The monoisotopic (exact) mass is 272 g/mol. The summed E-state index contributed by atoms with van der Waals surface area (Å²) in [4.78, 5) is 22.7. The summed E-state index contributed by atoms with van der Waals surface area (Å²) < 4.78 is 4.95. The number of ether oxygens (including phenoxy) is 1. The highest BCUT2D eigenvalue weighted by molar-refractivity contribution is 5.81. The van der Waals surface area contributed by atoms with Gasteiger partial charge in [-0.05, 0) is 33.2 Å². The summed E-state index contributed by atoms with van der Waals surface area (Å²) in [5.74, 6) is -0.399. The van der Waals surface area contributed by atoms with E-state index in [1.807, 2.05) is 0 Å². The van der Waals surface area contributed by atoms with Crippen molar-refractivity contribution >= 4 is 11.9 Å². The summed E-state index contributed by atoms with van der Waals surface area (Å²) in [6.07, 6.45) is 2.22. The first kappa shape index (κ1) is 17.9. The number of hydrogen-bond acceptors (Lipinski definition) is 4. The van der Waals surface area contributed by atoms with Gasteiger partial charge in [0.1, 0.15) is 0 Å². The zero-order valence-corrected chi connectivity index (χ0v) is 12.6. The molecule has 0 aliphatic rings. The Morgan fingerprint density at radius 1 is 1.00 bits per heavy atom. The van der Waals surface area contributed by atoms with Crippen LogP contribution in [0, 0.1) is 0 Å². The summed E-state index contributed by atoms with van der Waals surface area (Å²) in [7, 11) is 0. The summed E-state index contributed by atoms with van der Waals surface area (Å²) in [6, 6.07) is 0.501. The van der Waals surface area contributed by atoms with Gasteiger partial charge in [0.2, 0.25) is 5.91 Å². The van der Waals surface area contributed by atoms with Crippen LogP contribution in [0.25, 0.3) is 0 Å². The molecule has 0 rings (SSSR count). The van der Waals surface area contributed by atoms with Gasteiger partial charge in [-0.25, -0.2) is 0 Å². The van der Waals surface area contributed by atoms with Crippen LogP contribution >= 0.6 is 0 Å². The van der Waals surface area contributed by atoms with Gasteiger partial charge in [0.25, 0.3) is 0 Å². The molecule has 1 amide bonds. The third kappa shape index (κ3) is 13.1. The van der Waals surface area contributed by atoms with Crippen molar-refractivity contribution < 1.29 is 14.3 Å². The minimum Gasteiger partial charge on any atom is -0.463 e. The number of carbonyl (C=O) groups excluding carboxylic acids is 2. The number of esters is 1. The Kier molecular flexibility index (Phi) is 10.2. The number of carbonyl (C=O) groups is 2. The SMILES string of the molecule is CC(C)NCCCCNC(=O)CCC(=O)OC(C)C. The molecule has 0 aromatic carbocycles. The molecule has 0 fully saturated rings. The summed E-state index contributed by atoms with van der Waals surface area (Å²) in [5.41, 5.74) is 0. The van der Waals surface area contributed by atoms with E-state index in [2.05, 4.69) is 24.5 Å². The lowest BCUT2D eigenvalue weighted by molar-refractivity contribution is -0.148. The fourth-order valence-electron chi connectivity index (χ4n) is 1.49. The molecule has 0 bridgehead atoms. The fourth-order valence-corrected chi connectivity index (χ4v) is 1.49. The molecule has 0 aliphatic heterocycles. The molecule has 0 radical (unpaired) electrons. The van der Waals surface area contributed by atoms with Crippen LogP contribution in [0.1, 0.15) is 53.4 Å². The van der Waals surface area contributed by atoms with Crippen molar-refractivity contribution in [2.75, 3.05) is 13.1 Å². The van der Waals surface area contributed by atoms with Gasteiger partial charge in [-0.2, -0.15) is 0 Å². The lowest BCUT2D eigenvalue weighted by atomic mass is 10.2. The van der Waals surface area contributed by atoms with Crippen molar-refractivity contribution in [3.05, 3.63) is 0 Å². The highest BCUT2D eigenvalue weighted by Gasteiger charge is 2.08. The van der Waals surface area contributed by atoms with E-state index in [-0.39, 0.29) is 30.8 Å². The molecule has 112 valence electrons.